The van der Waals surface area contributed by atoms with Gasteiger partial charge in [-0.3, -0.25) is 0 Å². The van der Waals surface area contributed by atoms with E-state index in [0.29, 0.717) is 19.6 Å². The number of alkyl carbamates (subject to hydrolysis) is 3. The fourth-order valence-corrected chi connectivity index (χ4v) is 1.78. The lowest BCUT2D eigenvalue weighted by Gasteiger charge is -2.18. The first-order chi connectivity index (χ1) is 12.0. The SMILES string of the molecule is CCCCCCNC(=O)OC(COC(=O)NCC)COC(=O)NCC. The number of hydrogen-bond acceptors (Lipinski definition) is 6. The molecule has 0 rings (SSSR count). The summed E-state index contributed by atoms with van der Waals surface area (Å²) in [4.78, 5) is 34.5. The van der Waals surface area contributed by atoms with Crippen LogP contribution in [0.3, 0.4) is 0 Å². The zero-order chi connectivity index (χ0) is 18.9. The topological polar surface area (TPSA) is 115 Å². The van der Waals surface area contributed by atoms with Crippen LogP contribution in [0.1, 0.15) is 46.5 Å². The summed E-state index contributed by atoms with van der Waals surface area (Å²) in [5.74, 6) is 0. The van der Waals surface area contributed by atoms with E-state index in [9.17, 15) is 14.4 Å². The highest BCUT2D eigenvalue weighted by Crippen LogP contribution is 2.00. The van der Waals surface area contributed by atoms with Crippen LogP contribution < -0.4 is 16.0 Å². The highest BCUT2D eigenvalue weighted by atomic mass is 16.6. The van der Waals surface area contributed by atoms with E-state index in [1.165, 1.54) is 0 Å². The van der Waals surface area contributed by atoms with Gasteiger partial charge in [0.05, 0.1) is 0 Å². The van der Waals surface area contributed by atoms with Gasteiger partial charge in [0.1, 0.15) is 13.2 Å². The molecular weight excluding hydrogens is 330 g/mol. The fraction of sp³-hybridized carbons (Fsp3) is 0.812. The zero-order valence-corrected chi connectivity index (χ0v) is 15.4. The highest BCUT2D eigenvalue weighted by Gasteiger charge is 2.19. The van der Waals surface area contributed by atoms with E-state index in [4.69, 9.17) is 14.2 Å². The number of amides is 3. The maximum Gasteiger partial charge on any atom is 0.407 e. The van der Waals surface area contributed by atoms with Gasteiger partial charge in [-0.1, -0.05) is 26.2 Å². The van der Waals surface area contributed by atoms with Crippen molar-refractivity contribution >= 4 is 18.3 Å². The van der Waals surface area contributed by atoms with Crippen molar-refractivity contribution in [3.63, 3.8) is 0 Å². The lowest BCUT2D eigenvalue weighted by Crippen LogP contribution is -2.38. The fourth-order valence-electron chi connectivity index (χ4n) is 1.78. The van der Waals surface area contributed by atoms with Crippen molar-refractivity contribution in [1.29, 1.82) is 0 Å². The molecule has 0 fully saturated rings. The van der Waals surface area contributed by atoms with Gasteiger partial charge >= 0.3 is 18.3 Å². The molecule has 0 aliphatic heterocycles. The standard InChI is InChI=1S/C16H31N3O6/c1-4-7-8-9-10-19-16(22)25-13(11-23-14(20)17-5-2)12-24-15(21)18-6-3/h13H,4-12H2,1-3H3,(H,17,20)(H,18,21)(H,19,22). The van der Waals surface area contributed by atoms with Crippen LogP contribution in [0, 0.1) is 0 Å². The Kier molecular flexibility index (Phi) is 14.0. The van der Waals surface area contributed by atoms with Gasteiger partial charge in [0.15, 0.2) is 6.10 Å². The smallest absolute Gasteiger partial charge is 0.407 e. The second-order valence-corrected chi connectivity index (χ2v) is 5.27. The van der Waals surface area contributed by atoms with E-state index in [-0.39, 0.29) is 13.2 Å². The molecule has 0 aromatic rings. The van der Waals surface area contributed by atoms with Crippen LogP contribution in [0.2, 0.25) is 0 Å². The lowest BCUT2D eigenvalue weighted by atomic mass is 10.2. The van der Waals surface area contributed by atoms with Gasteiger partial charge in [0.2, 0.25) is 0 Å². The predicted molar refractivity (Wildman–Crippen MR) is 92.5 cm³/mol. The molecule has 0 saturated heterocycles. The molecule has 0 heterocycles. The van der Waals surface area contributed by atoms with Crippen molar-refractivity contribution in [2.45, 2.75) is 52.6 Å². The maximum atomic E-state index is 11.8. The van der Waals surface area contributed by atoms with Gasteiger partial charge in [-0.15, -0.1) is 0 Å². The molecule has 9 heteroatoms. The molecule has 0 aromatic heterocycles. The number of hydrogen-bond donors (Lipinski definition) is 3. The van der Waals surface area contributed by atoms with Crippen LogP contribution in [-0.2, 0) is 14.2 Å². The van der Waals surface area contributed by atoms with Crippen molar-refractivity contribution in [2.75, 3.05) is 32.8 Å². The Morgan fingerprint density at radius 1 is 0.760 bits per heavy atom. The number of carbonyl (C=O) groups is 3. The van der Waals surface area contributed by atoms with E-state index in [0.717, 1.165) is 25.7 Å². The molecule has 25 heavy (non-hydrogen) atoms. The van der Waals surface area contributed by atoms with Crippen molar-refractivity contribution in [2.24, 2.45) is 0 Å². The Labute approximate surface area is 149 Å². The quantitative estimate of drug-likeness (QED) is 0.362. The molecule has 0 radical (unpaired) electrons. The molecule has 0 spiro atoms. The Morgan fingerprint density at radius 3 is 1.80 bits per heavy atom. The summed E-state index contributed by atoms with van der Waals surface area (Å²) in [5.41, 5.74) is 0. The van der Waals surface area contributed by atoms with Gasteiger partial charge in [-0.25, -0.2) is 14.4 Å². The van der Waals surface area contributed by atoms with Crippen LogP contribution in [0.5, 0.6) is 0 Å². The van der Waals surface area contributed by atoms with E-state index in [1.807, 2.05) is 0 Å². The van der Waals surface area contributed by atoms with Gasteiger partial charge in [0.25, 0.3) is 0 Å². The summed E-state index contributed by atoms with van der Waals surface area (Å²) in [6.07, 6.45) is 1.32. The first-order valence-electron chi connectivity index (χ1n) is 8.79. The summed E-state index contributed by atoms with van der Waals surface area (Å²) >= 11 is 0. The van der Waals surface area contributed by atoms with Crippen LogP contribution in [0.25, 0.3) is 0 Å². The van der Waals surface area contributed by atoms with Gasteiger partial charge in [-0.2, -0.15) is 0 Å². The van der Waals surface area contributed by atoms with Gasteiger partial charge < -0.3 is 30.2 Å². The molecule has 3 N–H and O–H groups in total. The zero-order valence-electron chi connectivity index (χ0n) is 15.4. The van der Waals surface area contributed by atoms with Gasteiger partial charge in [-0.05, 0) is 20.3 Å². The second kappa shape index (κ2) is 15.3. The maximum absolute atomic E-state index is 11.8. The van der Waals surface area contributed by atoms with E-state index >= 15 is 0 Å². The Hall–Kier alpha value is -2.19. The van der Waals surface area contributed by atoms with Crippen LogP contribution in [-0.4, -0.2) is 57.2 Å². The van der Waals surface area contributed by atoms with Crippen molar-refractivity contribution in [3.8, 4) is 0 Å². The molecule has 0 aromatic carbocycles. The third kappa shape index (κ3) is 13.9. The Balaban J connectivity index is 4.27. The average molecular weight is 361 g/mol. The number of rotatable bonds is 12. The largest absolute Gasteiger partial charge is 0.445 e. The predicted octanol–water partition coefficient (Wildman–Crippen LogP) is 2.15. The van der Waals surface area contributed by atoms with Crippen LogP contribution in [0.4, 0.5) is 14.4 Å². The summed E-state index contributed by atoms with van der Waals surface area (Å²) < 4.78 is 15.0. The lowest BCUT2D eigenvalue weighted by molar-refractivity contribution is 0.00753. The second-order valence-electron chi connectivity index (χ2n) is 5.27. The minimum absolute atomic E-state index is 0.214. The number of ether oxygens (including phenoxy) is 3. The van der Waals surface area contributed by atoms with Crippen LogP contribution >= 0.6 is 0 Å². The highest BCUT2D eigenvalue weighted by molar-refractivity contribution is 5.68. The van der Waals surface area contributed by atoms with Crippen molar-refractivity contribution in [3.05, 3.63) is 0 Å². The molecule has 146 valence electrons. The minimum atomic E-state index is -0.888. The molecular formula is C16H31N3O6. The average Bonchev–Trinajstić information content (AvgIpc) is 2.57. The van der Waals surface area contributed by atoms with E-state index in [1.54, 1.807) is 13.8 Å². The van der Waals surface area contributed by atoms with Crippen LogP contribution in [0.15, 0.2) is 0 Å². The molecule has 0 saturated carbocycles. The molecule has 0 aliphatic carbocycles. The summed E-state index contributed by atoms with van der Waals surface area (Å²) in [7, 11) is 0. The summed E-state index contributed by atoms with van der Waals surface area (Å²) in [6.45, 7) is 6.51. The Bertz CT molecular complexity index is 370. The monoisotopic (exact) mass is 361 g/mol. The van der Waals surface area contributed by atoms with Crippen molar-refractivity contribution in [1.82, 2.24) is 16.0 Å². The van der Waals surface area contributed by atoms with E-state index in [2.05, 4.69) is 22.9 Å². The third-order valence-electron chi connectivity index (χ3n) is 3.02. The molecule has 3 amide bonds. The van der Waals surface area contributed by atoms with Crippen molar-refractivity contribution < 1.29 is 28.6 Å². The molecule has 9 nitrogen and oxygen atoms in total. The number of nitrogens with one attached hydrogen (secondary N) is 3. The molecule has 0 bridgehead atoms. The first-order valence-corrected chi connectivity index (χ1v) is 8.79. The van der Waals surface area contributed by atoms with Gasteiger partial charge in [0, 0.05) is 19.6 Å². The molecule has 0 unspecified atom stereocenters. The molecule has 0 atom stereocenters. The summed E-state index contributed by atoms with van der Waals surface area (Å²) in [5, 5.41) is 7.54. The molecule has 0 aliphatic rings. The number of carbonyl (C=O) groups excluding carboxylic acids is 3. The first kappa shape index (κ1) is 22.8. The minimum Gasteiger partial charge on any atom is -0.445 e. The van der Waals surface area contributed by atoms with E-state index < -0.39 is 24.4 Å². The Morgan fingerprint density at radius 2 is 1.32 bits per heavy atom. The number of unbranched alkanes of at least 4 members (excludes halogenated alkanes) is 3. The third-order valence-corrected chi connectivity index (χ3v) is 3.02. The summed E-state index contributed by atoms with van der Waals surface area (Å²) in [6, 6.07) is 0. The normalized spacial score (nSPS) is 10.1.